The van der Waals surface area contributed by atoms with E-state index in [2.05, 4.69) is 15.0 Å². The summed E-state index contributed by atoms with van der Waals surface area (Å²) in [4.78, 5) is 12.5. The quantitative estimate of drug-likeness (QED) is 0.918. The lowest BCUT2D eigenvalue weighted by Gasteiger charge is -2.09. The van der Waals surface area contributed by atoms with E-state index < -0.39 is 0 Å². The Kier molecular flexibility index (Phi) is 3.14. The zero-order valence-corrected chi connectivity index (χ0v) is 11.5. The summed E-state index contributed by atoms with van der Waals surface area (Å²) in [7, 11) is 0. The molecule has 0 unspecified atom stereocenters. The summed E-state index contributed by atoms with van der Waals surface area (Å²) in [5.41, 5.74) is 7.76. The normalized spacial score (nSPS) is 13.2. The summed E-state index contributed by atoms with van der Waals surface area (Å²) in [5, 5.41) is 0. The van der Waals surface area contributed by atoms with Gasteiger partial charge in [-0.3, -0.25) is 0 Å². The maximum Gasteiger partial charge on any atom is 0.322 e. The molecule has 1 aliphatic rings. The molecule has 1 aliphatic heterocycles. The Morgan fingerprint density at radius 1 is 1.25 bits per heavy atom. The first-order chi connectivity index (χ1) is 9.61. The lowest BCUT2D eigenvalue weighted by Crippen LogP contribution is -2.11. The van der Waals surface area contributed by atoms with E-state index in [9.17, 15) is 0 Å². The van der Waals surface area contributed by atoms with E-state index in [1.807, 2.05) is 32.0 Å². The molecular formula is C14H16N4O2. The van der Waals surface area contributed by atoms with Crippen molar-refractivity contribution in [3.63, 3.8) is 0 Å². The number of ether oxygens (including phenoxy) is 2. The van der Waals surface area contributed by atoms with Crippen LogP contribution in [0.25, 0.3) is 11.4 Å². The Bertz CT molecular complexity index is 643. The van der Waals surface area contributed by atoms with Gasteiger partial charge >= 0.3 is 6.01 Å². The second-order valence-electron chi connectivity index (χ2n) is 4.89. The molecule has 1 aromatic carbocycles. The number of nitrogens with zero attached hydrogens (tertiary/aromatic N) is 3. The average molecular weight is 272 g/mol. The Labute approximate surface area is 117 Å². The molecule has 2 N–H and O–H groups in total. The van der Waals surface area contributed by atoms with Gasteiger partial charge in [-0.1, -0.05) is 0 Å². The number of nitrogen functional groups attached to an aromatic ring is 1. The van der Waals surface area contributed by atoms with Gasteiger partial charge in [0.25, 0.3) is 0 Å². The topological polar surface area (TPSA) is 83.2 Å². The van der Waals surface area contributed by atoms with E-state index >= 15 is 0 Å². The second kappa shape index (κ2) is 4.96. The number of nitrogens with two attached hydrogens (primary N) is 1. The number of hydrogen-bond acceptors (Lipinski definition) is 6. The number of benzene rings is 1. The molecule has 2 heterocycles. The third-order valence-electron chi connectivity index (χ3n) is 2.92. The van der Waals surface area contributed by atoms with Crippen molar-refractivity contribution >= 4 is 5.95 Å². The Morgan fingerprint density at radius 3 is 2.90 bits per heavy atom. The molecule has 2 aromatic rings. The summed E-state index contributed by atoms with van der Waals surface area (Å²) < 4.78 is 11.0. The van der Waals surface area contributed by atoms with Gasteiger partial charge in [-0.15, -0.1) is 0 Å². The predicted octanol–water partition coefficient (Wildman–Crippen LogP) is 1.84. The molecule has 6 heteroatoms. The maximum absolute atomic E-state index is 5.72. The van der Waals surface area contributed by atoms with Crippen molar-refractivity contribution in [3.8, 4) is 23.1 Å². The Balaban J connectivity index is 1.99. The summed E-state index contributed by atoms with van der Waals surface area (Å²) in [5.74, 6) is 1.60. The molecule has 0 atom stereocenters. The van der Waals surface area contributed by atoms with Crippen LogP contribution in [0, 0.1) is 0 Å². The lowest BCUT2D eigenvalue weighted by molar-refractivity contribution is 0.222. The summed E-state index contributed by atoms with van der Waals surface area (Å²) in [6.07, 6.45) is 0.886. The SMILES string of the molecule is CC(C)Oc1nc(N)nc(-c2ccc3c(c2)CCO3)n1. The molecule has 0 saturated heterocycles. The molecule has 3 rings (SSSR count). The highest BCUT2D eigenvalue weighted by molar-refractivity contribution is 5.60. The van der Waals surface area contributed by atoms with Crippen molar-refractivity contribution in [2.75, 3.05) is 12.3 Å². The van der Waals surface area contributed by atoms with Crippen molar-refractivity contribution in [1.29, 1.82) is 0 Å². The lowest BCUT2D eigenvalue weighted by atomic mass is 10.1. The van der Waals surface area contributed by atoms with E-state index in [1.54, 1.807) is 0 Å². The van der Waals surface area contributed by atoms with Crippen LogP contribution in [0.2, 0.25) is 0 Å². The van der Waals surface area contributed by atoms with Crippen LogP contribution in [-0.2, 0) is 6.42 Å². The van der Waals surface area contributed by atoms with Crippen molar-refractivity contribution in [1.82, 2.24) is 15.0 Å². The number of anilines is 1. The van der Waals surface area contributed by atoms with Gasteiger partial charge in [0.05, 0.1) is 12.7 Å². The van der Waals surface area contributed by atoms with Gasteiger partial charge in [-0.25, -0.2) is 0 Å². The summed E-state index contributed by atoms with van der Waals surface area (Å²) in [6, 6.07) is 6.12. The van der Waals surface area contributed by atoms with E-state index in [1.165, 1.54) is 0 Å². The molecule has 0 radical (unpaired) electrons. The molecule has 0 spiro atoms. The highest BCUT2D eigenvalue weighted by Gasteiger charge is 2.15. The van der Waals surface area contributed by atoms with E-state index in [-0.39, 0.29) is 18.1 Å². The van der Waals surface area contributed by atoms with Crippen LogP contribution in [0.4, 0.5) is 5.95 Å². The van der Waals surface area contributed by atoms with Crippen molar-refractivity contribution in [2.24, 2.45) is 0 Å². The van der Waals surface area contributed by atoms with Crippen molar-refractivity contribution in [3.05, 3.63) is 23.8 Å². The molecule has 20 heavy (non-hydrogen) atoms. The minimum absolute atomic E-state index is 0.0157. The van der Waals surface area contributed by atoms with Crippen LogP contribution in [0.3, 0.4) is 0 Å². The van der Waals surface area contributed by atoms with Gasteiger partial charge in [-0.05, 0) is 37.6 Å². The molecule has 104 valence electrons. The number of aromatic nitrogens is 3. The fourth-order valence-corrected chi connectivity index (χ4v) is 2.09. The molecular weight excluding hydrogens is 256 g/mol. The summed E-state index contributed by atoms with van der Waals surface area (Å²) in [6.45, 7) is 4.54. The minimum atomic E-state index is -0.0157. The van der Waals surface area contributed by atoms with Gasteiger partial charge in [0, 0.05) is 12.0 Å². The first-order valence-corrected chi connectivity index (χ1v) is 6.56. The number of fused-ring (bicyclic) bond motifs is 1. The fourth-order valence-electron chi connectivity index (χ4n) is 2.09. The van der Waals surface area contributed by atoms with Gasteiger partial charge < -0.3 is 15.2 Å². The van der Waals surface area contributed by atoms with Crippen LogP contribution in [0.15, 0.2) is 18.2 Å². The standard InChI is InChI=1S/C14H16N4O2/c1-8(2)20-14-17-12(16-13(15)18-14)10-3-4-11-9(7-10)5-6-19-11/h3-4,7-8H,5-6H2,1-2H3,(H2,15,16,17,18). The molecule has 1 aromatic heterocycles. The highest BCUT2D eigenvalue weighted by atomic mass is 16.5. The van der Waals surface area contributed by atoms with Crippen LogP contribution in [0.5, 0.6) is 11.8 Å². The van der Waals surface area contributed by atoms with Crippen LogP contribution >= 0.6 is 0 Å². The number of rotatable bonds is 3. The van der Waals surface area contributed by atoms with Crippen LogP contribution in [0.1, 0.15) is 19.4 Å². The zero-order chi connectivity index (χ0) is 14.1. The maximum atomic E-state index is 5.72. The van der Waals surface area contributed by atoms with Gasteiger partial charge in [0.1, 0.15) is 5.75 Å². The van der Waals surface area contributed by atoms with Gasteiger partial charge in [0.2, 0.25) is 5.95 Å². The average Bonchev–Trinajstić information content (AvgIpc) is 2.84. The van der Waals surface area contributed by atoms with Crippen LogP contribution < -0.4 is 15.2 Å². The molecule has 0 bridgehead atoms. The predicted molar refractivity (Wildman–Crippen MR) is 74.6 cm³/mol. The smallest absolute Gasteiger partial charge is 0.322 e. The minimum Gasteiger partial charge on any atom is -0.493 e. The van der Waals surface area contributed by atoms with E-state index in [0.29, 0.717) is 5.82 Å². The molecule has 6 nitrogen and oxygen atoms in total. The molecule has 0 amide bonds. The van der Waals surface area contributed by atoms with Gasteiger partial charge in [-0.2, -0.15) is 15.0 Å². The van der Waals surface area contributed by atoms with Crippen molar-refractivity contribution in [2.45, 2.75) is 26.4 Å². The summed E-state index contributed by atoms with van der Waals surface area (Å²) >= 11 is 0. The monoisotopic (exact) mass is 272 g/mol. The molecule has 0 saturated carbocycles. The Morgan fingerprint density at radius 2 is 2.10 bits per heavy atom. The number of hydrogen-bond donors (Lipinski definition) is 1. The molecule has 0 aliphatic carbocycles. The third-order valence-corrected chi connectivity index (χ3v) is 2.92. The van der Waals surface area contributed by atoms with Crippen LogP contribution in [-0.4, -0.2) is 27.7 Å². The third kappa shape index (κ3) is 2.49. The second-order valence-corrected chi connectivity index (χ2v) is 4.89. The van der Waals surface area contributed by atoms with Gasteiger partial charge in [0.15, 0.2) is 5.82 Å². The fraction of sp³-hybridized carbons (Fsp3) is 0.357. The van der Waals surface area contributed by atoms with E-state index in [0.717, 1.165) is 29.9 Å². The highest BCUT2D eigenvalue weighted by Crippen LogP contribution is 2.29. The van der Waals surface area contributed by atoms with Crippen molar-refractivity contribution < 1.29 is 9.47 Å². The Hall–Kier alpha value is -2.37. The first-order valence-electron chi connectivity index (χ1n) is 6.56. The van der Waals surface area contributed by atoms with E-state index in [4.69, 9.17) is 15.2 Å². The first kappa shape index (κ1) is 12.7. The largest absolute Gasteiger partial charge is 0.493 e. The molecule has 0 fully saturated rings. The zero-order valence-electron chi connectivity index (χ0n) is 11.5.